The van der Waals surface area contributed by atoms with Gasteiger partial charge in [0.2, 0.25) is 0 Å². The predicted molar refractivity (Wildman–Crippen MR) is 98.7 cm³/mol. The maximum absolute atomic E-state index is 6.35. The molecule has 4 rings (SSSR count). The minimum Gasteiger partial charge on any atom is -0.315 e. The first-order chi connectivity index (χ1) is 12.1. The van der Waals surface area contributed by atoms with Crippen LogP contribution in [-0.4, -0.2) is 50.7 Å². The number of pyridine rings is 1. The molecular formula is C18H21ClN6. The fourth-order valence-corrected chi connectivity index (χ4v) is 3.58. The van der Waals surface area contributed by atoms with Crippen LogP contribution in [0.3, 0.4) is 0 Å². The molecule has 0 spiro atoms. The standard InChI is InChI=1S/C18H21ClN6/c1-12-9-25-10-13(7-16(19)18(25)21-12)17-4-3-14(22-23-17)11-24(2)15-5-6-20-8-15/h3-4,7,9-10,15,20H,5-6,8,11H2,1-2H3. The fourth-order valence-electron chi connectivity index (χ4n) is 3.32. The normalized spacial score (nSPS) is 17.7. The van der Waals surface area contributed by atoms with Gasteiger partial charge in [0.15, 0.2) is 5.65 Å². The summed E-state index contributed by atoms with van der Waals surface area (Å²) in [5.74, 6) is 0. The molecule has 4 heterocycles. The molecule has 0 aromatic carbocycles. The van der Waals surface area contributed by atoms with Crippen LogP contribution in [0.2, 0.25) is 5.02 Å². The van der Waals surface area contributed by atoms with Gasteiger partial charge in [-0.25, -0.2) is 4.98 Å². The highest BCUT2D eigenvalue weighted by Gasteiger charge is 2.19. The molecule has 1 saturated heterocycles. The number of rotatable bonds is 4. The van der Waals surface area contributed by atoms with Crippen LogP contribution >= 0.6 is 11.6 Å². The molecule has 7 heteroatoms. The SMILES string of the molecule is Cc1cn2cc(-c3ccc(CN(C)C4CCNC4)nn3)cc(Cl)c2n1. The van der Waals surface area contributed by atoms with Crippen LogP contribution in [0.25, 0.3) is 16.9 Å². The number of nitrogens with one attached hydrogen (secondary N) is 1. The van der Waals surface area contributed by atoms with Gasteiger partial charge in [-0.05, 0) is 45.1 Å². The third kappa shape index (κ3) is 3.38. The highest BCUT2D eigenvalue weighted by atomic mass is 35.5. The van der Waals surface area contributed by atoms with Gasteiger partial charge in [0.1, 0.15) is 0 Å². The van der Waals surface area contributed by atoms with Crippen molar-refractivity contribution in [3.05, 3.63) is 47.0 Å². The second kappa shape index (κ2) is 6.71. The average Bonchev–Trinajstić information content (AvgIpc) is 3.24. The first kappa shape index (κ1) is 16.4. The first-order valence-corrected chi connectivity index (χ1v) is 8.87. The Hall–Kier alpha value is -2.02. The van der Waals surface area contributed by atoms with E-state index >= 15 is 0 Å². The van der Waals surface area contributed by atoms with Crippen LogP contribution < -0.4 is 5.32 Å². The van der Waals surface area contributed by atoms with Crippen molar-refractivity contribution in [1.82, 2.24) is 29.8 Å². The Bertz CT molecular complexity index is 882. The molecule has 1 aliphatic rings. The summed E-state index contributed by atoms with van der Waals surface area (Å²) < 4.78 is 1.93. The molecule has 1 fully saturated rings. The summed E-state index contributed by atoms with van der Waals surface area (Å²) in [7, 11) is 2.14. The molecule has 0 radical (unpaired) electrons. The van der Waals surface area contributed by atoms with Crippen LogP contribution in [0.5, 0.6) is 0 Å². The Morgan fingerprint density at radius 1 is 1.32 bits per heavy atom. The lowest BCUT2D eigenvalue weighted by atomic mass is 10.2. The van der Waals surface area contributed by atoms with Gasteiger partial charge in [-0.15, -0.1) is 0 Å². The molecule has 0 aliphatic carbocycles. The molecule has 3 aromatic heterocycles. The number of imidazole rings is 1. The topological polar surface area (TPSA) is 58.4 Å². The second-order valence-electron chi connectivity index (χ2n) is 6.66. The molecular weight excluding hydrogens is 336 g/mol. The lowest BCUT2D eigenvalue weighted by molar-refractivity contribution is 0.245. The summed E-state index contributed by atoms with van der Waals surface area (Å²) >= 11 is 6.35. The molecule has 1 unspecified atom stereocenters. The van der Waals surface area contributed by atoms with Crippen LogP contribution in [0, 0.1) is 6.92 Å². The van der Waals surface area contributed by atoms with E-state index in [-0.39, 0.29) is 0 Å². The van der Waals surface area contributed by atoms with Gasteiger partial charge in [-0.3, -0.25) is 4.90 Å². The molecule has 1 atom stereocenters. The highest BCUT2D eigenvalue weighted by Crippen LogP contribution is 2.25. The van der Waals surface area contributed by atoms with Crippen molar-refractivity contribution in [3.8, 4) is 11.3 Å². The molecule has 0 amide bonds. The van der Waals surface area contributed by atoms with E-state index in [1.165, 1.54) is 6.42 Å². The first-order valence-electron chi connectivity index (χ1n) is 8.49. The molecule has 25 heavy (non-hydrogen) atoms. The maximum Gasteiger partial charge on any atom is 0.155 e. The van der Waals surface area contributed by atoms with Crippen molar-refractivity contribution in [2.24, 2.45) is 0 Å². The molecule has 0 bridgehead atoms. The number of likely N-dealkylation sites (N-methyl/N-ethyl adjacent to an activating group) is 1. The molecule has 130 valence electrons. The zero-order valence-electron chi connectivity index (χ0n) is 14.4. The molecule has 3 aromatic rings. The van der Waals surface area contributed by atoms with Crippen LogP contribution in [0.1, 0.15) is 17.8 Å². The number of nitrogens with zero attached hydrogens (tertiary/aromatic N) is 5. The summed E-state index contributed by atoms with van der Waals surface area (Å²) in [6, 6.07) is 6.51. The maximum atomic E-state index is 6.35. The van der Waals surface area contributed by atoms with Gasteiger partial charge in [0.25, 0.3) is 0 Å². The monoisotopic (exact) mass is 356 g/mol. The number of halogens is 1. The highest BCUT2D eigenvalue weighted by molar-refractivity contribution is 6.33. The van der Waals surface area contributed by atoms with E-state index < -0.39 is 0 Å². The summed E-state index contributed by atoms with van der Waals surface area (Å²) in [6.45, 7) is 4.90. The van der Waals surface area contributed by atoms with Crippen molar-refractivity contribution in [3.63, 3.8) is 0 Å². The Morgan fingerprint density at radius 2 is 2.20 bits per heavy atom. The summed E-state index contributed by atoms with van der Waals surface area (Å²) in [5.41, 5.74) is 4.42. The van der Waals surface area contributed by atoms with Gasteiger partial charge >= 0.3 is 0 Å². The van der Waals surface area contributed by atoms with E-state index in [0.717, 1.165) is 47.9 Å². The third-order valence-electron chi connectivity index (χ3n) is 4.71. The van der Waals surface area contributed by atoms with E-state index in [9.17, 15) is 0 Å². The number of aryl methyl sites for hydroxylation is 1. The van der Waals surface area contributed by atoms with Crippen molar-refractivity contribution in [2.45, 2.75) is 25.9 Å². The zero-order valence-corrected chi connectivity index (χ0v) is 15.2. The third-order valence-corrected chi connectivity index (χ3v) is 4.99. The van der Waals surface area contributed by atoms with E-state index in [0.29, 0.717) is 11.1 Å². The van der Waals surface area contributed by atoms with Gasteiger partial charge in [-0.1, -0.05) is 11.6 Å². The number of fused-ring (bicyclic) bond motifs is 1. The smallest absolute Gasteiger partial charge is 0.155 e. The molecule has 6 nitrogen and oxygen atoms in total. The minimum atomic E-state index is 0.576. The Kier molecular flexibility index (Phi) is 4.41. The van der Waals surface area contributed by atoms with Crippen LogP contribution in [0.4, 0.5) is 0 Å². The second-order valence-corrected chi connectivity index (χ2v) is 7.07. The van der Waals surface area contributed by atoms with Crippen molar-refractivity contribution in [1.29, 1.82) is 0 Å². The van der Waals surface area contributed by atoms with E-state index in [2.05, 4.69) is 32.4 Å². The summed E-state index contributed by atoms with van der Waals surface area (Å²) in [6.07, 6.45) is 5.13. The van der Waals surface area contributed by atoms with Crippen LogP contribution in [0.15, 0.2) is 30.6 Å². The number of hydrogen-bond donors (Lipinski definition) is 1. The Labute approximate surface area is 151 Å². The van der Waals surface area contributed by atoms with Crippen molar-refractivity contribution in [2.75, 3.05) is 20.1 Å². The molecule has 1 aliphatic heterocycles. The lowest BCUT2D eigenvalue weighted by Crippen LogP contribution is -2.33. The molecule has 0 saturated carbocycles. The van der Waals surface area contributed by atoms with E-state index in [1.807, 2.05) is 41.9 Å². The quantitative estimate of drug-likeness (QED) is 0.778. The minimum absolute atomic E-state index is 0.576. The van der Waals surface area contributed by atoms with Gasteiger partial charge in [-0.2, -0.15) is 10.2 Å². The predicted octanol–water partition coefficient (Wildman–Crippen LogP) is 2.55. The van der Waals surface area contributed by atoms with Crippen molar-refractivity contribution >= 4 is 17.2 Å². The van der Waals surface area contributed by atoms with E-state index in [4.69, 9.17) is 11.6 Å². The molecule has 1 N–H and O–H groups in total. The largest absolute Gasteiger partial charge is 0.315 e. The number of aromatic nitrogens is 4. The van der Waals surface area contributed by atoms with E-state index in [1.54, 1.807) is 0 Å². The average molecular weight is 357 g/mol. The summed E-state index contributed by atoms with van der Waals surface area (Å²) in [4.78, 5) is 6.75. The van der Waals surface area contributed by atoms with Gasteiger partial charge in [0, 0.05) is 37.1 Å². The van der Waals surface area contributed by atoms with Gasteiger partial charge in [0.05, 0.1) is 22.1 Å². The number of hydrogen-bond acceptors (Lipinski definition) is 5. The van der Waals surface area contributed by atoms with Crippen molar-refractivity contribution < 1.29 is 0 Å². The summed E-state index contributed by atoms with van der Waals surface area (Å²) in [5, 5.41) is 12.8. The van der Waals surface area contributed by atoms with Gasteiger partial charge < -0.3 is 9.72 Å². The lowest BCUT2D eigenvalue weighted by Gasteiger charge is -2.22. The van der Waals surface area contributed by atoms with Crippen LogP contribution in [-0.2, 0) is 6.54 Å². The fraction of sp³-hybridized carbons (Fsp3) is 0.389. The Balaban J connectivity index is 1.55. The Morgan fingerprint density at radius 3 is 2.92 bits per heavy atom. The zero-order chi connectivity index (χ0) is 17.4.